The number of anilines is 1. The molecule has 3 nitrogen and oxygen atoms in total. The first kappa shape index (κ1) is 12.8. The van der Waals surface area contributed by atoms with Crippen LogP contribution in [0.25, 0.3) is 0 Å². The second-order valence-electron chi connectivity index (χ2n) is 3.60. The Morgan fingerprint density at radius 2 is 2.19 bits per heavy atom. The van der Waals surface area contributed by atoms with Crippen molar-refractivity contribution >= 4 is 23.2 Å². The first-order valence-electron chi connectivity index (χ1n) is 5.22. The smallest absolute Gasteiger partial charge is 0.224 e. The molecule has 0 bridgehead atoms. The maximum absolute atomic E-state index is 11.4. The summed E-state index contributed by atoms with van der Waals surface area (Å²) in [6, 6.07) is 3.52. The highest BCUT2D eigenvalue weighted by Crippen LogP contribution is 2.30. The van der Waals surface area contributed by atoms with Gasteiger partial charge in [0.1, 0.15) is 5.75 Å². The van der Waals surface area contributed by atoms with E-state index >= 15 is 0 Å². The van der Waals surface area contributed by atoms with Gasteiger partial charge in [0.15, 0.2) is 0 Å². The summed E-state index contributed by atoms with van der Waals surface area (Å²) in [6.07, 6.45) is 1.35. The molecule has 0 aromatic heterocycles. The monoisotopic (exact) mass is 241 g/mol. The lowest BCUT2D eigenvalue weighted by Crippen LogP contribution is -2.11. The highest BCUT2D eigenvalue weighted by atomic mass is 35.5. The molecule has 0 unspecified atom stereocenters. The molecule has 0 saturated carbocycles. The van der Waals surface area contributed by atoms with E-state index in [4.69, 9.17) is 16.3 Å². The third-order valence-corrected chi connectivity index (χ3v) is 2.55. The van der Waals surface area contributed by atoms with Gasteiger partial charge in [0.25, 0.3) is 0 Å². The third kappa shape index (κ3) is 3.14. The zero-order chi connectivity index (χ0) is 12.1. The van der Waals surface area contributed by atoms with Crippen molar-refractivity contribution in [3.63, 3.8) is 0 Å². The molecule has 1 aromatic rings. The minimum absolute atomic E-state index is 0.00633. The zero-order valence-corrected chi connectivity index (χ0v) is 10.5. The molecule has 4 heteroatoms. The SMILES string of the molecule is CCCC(=O)Nc1cc(Cl)c(OC)cc1C. The molecule has 16 heavy (non-hydrogen) atoms. The highest BCUT2D eigenvalue weighted by Gasteiger charge is 2.08. The number of carbonyl (C=O) groups excluding carboxylic acids is 1. The van der Waals surface area contributed by atoms with Crippen LogP contribution in [0.15, 0.2) is 12.1 Å². The number of hydrogen-bond donors (Lipinski definition) is 1. The number of amides is 1. The van der Waals surface area contributed by atoms with E-state index in [1.807, 2.05) is 19.9 Å². The van der Waals surface area contributed by atoms with Crippen LogP contribution in [-0.4, -0.2) is 13.0 Å². The molecule has 0 aliphatic carbocycles. The fourth-order valence-electron chi connectivity index (χ4n) is 1.39. The van der Waals surface area contributed by atoms with Gasteiger partial charge in [-0.15, -0.1) is 0 Å². The van der Waals surface area contributed by atoms with Gasteiger partial charge in [-0.2, -0.15) is 0 Å². The molecular formula is C12H16ClNO2. The van der Waals surface area contributed by atoms with Crippen LogP contribution >= 0.6 is 11.6 Å². The number of nitrogens with one attached hydrogen (secondary N) is 1. The Labute approximate surface area is 101 Å². The van der Waals surface area contributed by atoms with Crippen molar-refractivity contribution in [2.45, 2.75) is 26.7 Å². The van der Waals surface area contributed by atoms with Gasteiger partial charge in [-0.3, -0.25) is 4.79 Å². The molecule has 0 fully saturated rings. The Kier molecular flexibility index (Phi) is 4.62. The number of aryl methyl sites for hydroxylation is 1. The van der Waals surface area contributed by atoms with Crippen LogP contribution in [0.2, 0.25) is 5.02 Å². The summed E-state index contributed by atoms with van der Waals surface area (Å²) in [5, 5.41) is 3.32. The highest BCUT2D eigenvalue weighted by molar-refractivity contribution is 6.32. The molecular weight excluding hydrogens is 226 g/mol. The topological polar surface area (TPSA) is 38.3 Å². The molecule has 0 aliphatic heterocycles. The van der Waals surface area contributed by atoms with Gasteiger partial charge in [-0.25, -0.2) is 0 Å². The van der Waals surface area contributed by atoms with Crippen LogP contribution in [0.3, 0.4) is 0 Å². The number of halogens is 1. The second kappa shape index (κ2) is 5.75. The maximum Gasteiger partial charge on any atom is 0.224 e. The lowest BCUT2D eigenvalue weighted by Gasteiger charge is -2.11. The average Bonchev–Trinajstić information content (AvgIpc) is 2.23. The molecule has 0 saturated heterocycles. The number of hydrogen-bond acceptors (Lipinski definition) is 2. The molecule has 0 heterocycles. The van der Waals surface area contributed by atoms with Crippen molar-refractivity contribution in [2.75, 3.05) is 12.4 Å². The van der Waals surface area contributed by atoms with E-state index in [-0.39, 0.29) is 5.91 Å². The summed E-state index contributed by atoms with van der Waals surface area (Å²) < 4.78 is 5.09. The largest absolute Gasteiger partial charge is 0.495 e. The Hall–Kier alpha value is -1.22. The van der Waals surface area contributed by atoms with E-state index in [1.54, 1.807) is 13.2 Å². The molecule has 88 valence electrons. The van der Waals surface area contributed by atoms with E-state index in [0.29, 0.717) is 17.2 Å². The van der Waals surface area contributed by atoms with Gasteiger partial charge in [-0.05, 0) is 31.0 Å². The van der Waals surface area contributed by atoms with E-state index in [0.717, 1.165) is 17.7 Å². The summed E-state index contributed by atoms with van der Waals surface area (Å²) in [7, 11) is 1.57. The lowest BCUT2D eigenvalue weighted by atomic mass is 10.2. The van der Waals surface area contributed by atoms with Gasteiger partial charge < -0.3 is 10.1 Å². The summed E-state index contributed by atoms with van der Waals surface area (Å²) in [5.41, 5.74) is 1.68. The normalized spacial score (nSPS) is 10.0. The molecule has 1 aromatic carbocycles. The van der Waals surface area contributed by atoms with Crippen LogP contribution in [0.1, 0.15) is 25.3 Å². The molecule has 1 N–H and O–H groups in total. The first-order valence-corrected chi connectivity index (χ1v) is 5.60. The maximum atomic E-state index is 11.4. The zero-order valence-electron chi connectivity index (χ0n) is 9.76. The standard InChI is InChI=1S/C12H16ClNO2/c1-4-5-12(15)14-10-7-9(13)11(16-3)6-8(10)2/h6-7H,4-5H2,1-3H3,(H,14,15). The number of carbonyl (C=O) groups is 1. The van der Waals surface area contributed by atoms with E-state index in [9.17, 15) is 4.79 Å². The fourth-order valence-corrected chi connectivity index (χ4v) is 1.63. The van der Waals surface area contributed by atoms with E-state index in [1.165, 1.54) is 0 Å². The van der Waals surface area contributed by atoms with Crippen molar-refractivity contribution in [2.24, 2.45) is 0 Å². The van der Waals surface area contributed by atoms with Crippen LogP contribution < -0.4 is 10.1 Å². The number of methoxy groups -OCH3 is 1. The molecule has 1 rings (SSSR count). The van der Waals surface area contributed by atoms with Crippen molar-refractivity contribution in [3.8, 4) is 5.75 Å². The summed E-state index contributed by atoms with van der Waals surface area (Å²) in [4.78, 5) is 11.4. The van der Waals surface area contributed by atoms with Crippen molar-refractivity contribution < 1.29 is 9.53 Å². The lowest BCUT2D eigenvalue weighted by molar-refractivity contribution is -0.116. The molecule has 0 radical (unpaired) electrons. The van der Waals surface area contributed by atoms with Gasteiger partial charge in [0.2, 0.25) is 5.91 Å². The second-order valence-corrected chi connectivity index (χ2v) is 4.01. The summed E-state index contributed by atoms with van der Waals surface area (Å²) in [6.45, 7) is 3.87. The summed E-state index contributed by atoms with van der Waals surface area (Å²) in [5.74, 6) is 0.625. The van der Waals surface area contributed by atoms with Gasteiger partial charge in [-0.1, -0.05) is 18.5 Å². The van der Waals surface area contributed by atoms with E-state index < -0.39 is 0 Å². The van der Waals surface area contributed by atoms with Crippen LogP contribution in [-0.2, 0) is 4.79 Å². The molecule has 0 spiro atoms. The number of ether oxygens (including phenoxy) is 1. The van der Waals surface area contributed by atoms with Crippen molar-refractivity contribution in [1.29, 1.82) is 0 Å². The van der Waals surface area contributed by atoms with Crippen LogP contribution in [0, 0.1) is 6.92 Å². The van der Waals surface area contributed by atoms with Crippen molar-refractivity contribution in [1.82, 2.24) is 0 Å². The summed E-state index contributed by atoms with van der Waals surface area (Å²) >= 11 is 5.99. The quantitative estimate of drug-likeness (QED) is 0.878. The average molecular weight is 242 g/mol. The number of benzene rings is 1. The van der Waals surface area contributed by atoms with Crippen LogP contribution in [0.5, 0.6) is 5.75 Å². The Morgan fingerprint density at radius 3 is 2.75 bits per heavy atom. The predicted octanol–water partition coefficient (Wildman–Crippen LogP) is 3.40. The fraction of sp³-hybridized carbons (Fsp3) is 0.417. The number of rotatable bonds is 4. The Bertz CT molecular complexity index is 391. The van der Waals surface area contributed by atoms with Crippen molar-refractivity contribution in [3.05, 3.63) is 22.7 Å². The molecule has 1 amide bonds. The first-order chi connectivity index (χ1) is 7.58. The van der Waals surface area contributed by atoms with Gasteiger partial charge in [0, 0.05) is 12.1 Å². The molecule has 0 aliphatic rings. The minimum Gasteiger partial charge on any atom is -0.495 e. The predicted molar refractivity (Wildman–Crippen MR) is 66.3 cm³/mol. The minimum atomic E-state index is 0.00633. The van der Waals surface area contributed by atoms with Crippen LogP contribution in [0.4, 0.5) is 5.69 Å². The van der Waals surface area contributed by atoms with Gasteiger partial charge >= 0.3 is 0 Å². The van der Waals surface area contributed by atoms with Gasteiger partial charge in [0.05, 0.1) is 12.1 Å². The Balaban J connectivity index is 2.89. The third-order valence-electron chi connectivity index (χ3n) is 2.25. The Morgan fingerprint density at radius 1 is 1.50 bits per heavy atom. The van der Waals surface area contributed by atoms with E-state index in [2.05, 4.69) is 5.32 Å². The molecule has 0 atom stereocenters.